The van der Waals surface area contributed by atoms with Gasteiger partial charge in [0.05, 0.1) is 0 Å². The van der Waals surface area contributed by atoms with Gasteiger partial charge in [-0.25, -0.2) is 4.57 Å². The molecule has 0 atom stereocenters. The summed E-state index contributed by atoms with van der Waals surface area (Å²) in [4.78, 5) is 21.6. The molecule has 0 unspecified atom stereocenters. The van der Waals surface area contributed by atoms with Crippen molar-refractivity contribution in [2.75, 3.05) is 0 Å². The average Bonchev–Trinajstić information content (AvgIpc) is 2.66. The molecule has 344 valence electrons. The minimum atomic E-state index is -4.64. The molecule has 56 heteroatoms. The normalized spacial score (nSPS) is 6.20. The molecule has 0 radical (unpaired) electrons. The Balaban J connectivity index is -0.0000000220. The van der Waals surface area contributed by atoms with Crippen LogP contribution in [-0.2, 0) is 333 Å². The van der Waals surface area contributed by atoms with Crippen LogP contribution in [0.15, 0.2) is 0 Å². The second-order valence-corrected chi connectivity index (χ2v) is 16.0. The number of hydrogen-bond acceptors (Lipinski definition) is 37. The summed E-state index contributed by atoms with van der Waals surface area (Å²) in [6.45, 7) is 0. The van der Waals surface area contributed by atoms with Crippen molar-refractivity contribution in [2.45, 2.75) is 0 Å². The van der Waals surface area contributed by atoms with E-state index in [1.165, 1.54) is 0 Å². The quantitative estimate of drug-likeness (QED) is 0.150. The van der Waals surface area contributed by atoms with Crippen LogP contribution in [0.3, 0.4) is 0 Å². The van der Waals surface area contributed by atoms with E-state index in [-0.39, 0.29) is 16.4 Å². The maximum absolute atomic E-state index is 8.88. The zero-order chi connectivity index (χ0) is 47.4. The topological polar surface area (TPSA) is 787 Å². The zero-order valence-electron chi connectivity index (χ0n) is 23.3. The Labute approximate surface area is 366 Å². The molecule has 0 amide bonds. The number of rotatable bonds is 0. The summed E-state index contributed by atoms with van der Waals surface area (Å²) in [6.07, 6.45) is 0. The van der Waals surface area contributed by atoms with E-state index in [4.69, 9.17) is 142 Å². The third-order valence-corrected chi connectivity index (χ3v) is 0. The molecule has 56 heavy (non-hydrogen) atoms. The van der Waals surface area contributed by atoms with Gasteiger partial charge in [0.15, 0.2) is 0 Å². The van der Waals surface area contributed by atoms with Crippen LogP contribution in [-0.4, -0.2) is 31.1 Å². The third kappa shape index (κ3) is 146000. The molecule has 0 aromatic heterocycles. The standard InChI is InChI=1S/12Mo.H3O4P.3H2O.36O/c;;;;;;;;;;;;1-5(2,3)4;;;;;;;;;;;;;;;;;;;;;;;;;;;;;;;;;;;;;;;/h;;;;;;;;;;;;(H3,1,2,3,4);3*1H2;;;;;;;;;;;;;;;;;;;;;;;;;;;;;;;;;;;;. The second kappa shape index (κ2) is 91.7. The summed E-state index contributed by atoms with van der Waals surface area (Å²) in [5.74, 6) is 0. The molecule has 0 spiro atoms. The van der Waals surface area contributed by atoms with Gasteiger partial charge in [0.25, 0.3) is 0 Å². The summed E-state index contributed by atoms with van der Waals surface area (Å²) in [6, 6.07) is 0. The SMILES string of the molecule is O.O.O.O=P(O)(O)O.[O]=[Mo](=[O])=[O].[O]=[Mo](=[O])=[O].[O]=[Mo](=[O])=[O].[O]=[Mo](=[O])=[O].[O]=[Mo](=[O])=[O].[O]=[Mo](=[O])=[O].[O]=[Mo](=[O])=[O].[O]=[Mo](=[O])=[O].[O]=[Mo](=[O])=[O].[O]=[Mo](=[O])=[O].[O]=[Mo](=[O])=[O].[O]=[Mo](=[O])=[O]. The molecular formula is H9Mo12O43P. The molecule has 43 nitrogen and oxygen atoms in total. The van der Waals surface area contributed by atoms with Gasteiger partial charge in [0.1, 0.15) is 0 Å². The van der Waals surface area contributed by atoms with Crippen LogP contribution in [0.25, 0.3) is 0 Å². The van der Waals surface area contributed by atoms with Crippen molar-refractivity contribution in [1.29, 1.82) is 0 Å². The van der Waals surface area contributed by atoms with Crippen molar-refractivity contribution in [2.24, 2.45) is 0 Å². The van der Waals surface area contributed by atoms with Gasteiger partial charge in [-0.3, -0.25) is 0 Å². The Morgan fingerprint density at radius 1 is 0.179 bits per heavy atom. The molecule has 0 heterocycles. The first kappa shape index (κ1) is 106. The van der Waals surface area contributed by atoms with Crippen LogP contribution in [0.2, 0.25) is 0 Å². The summed E-state index contributed by atoms with van der Waals surface area (Å²) in [5.41, 5.74) is 0. The van der Waals surface area contributed by atoms with Gasteiger partial charge < -0.3 is 31.1 Å². The van der Waals surface area contributed by atoms with Gasteiger partial charge in [0, 0.05) is 0 Å². The van der Waals surface area contributed by atoms with Crippen molar-refractivity contribution in [1.82, 2.24) is 0 Å². The Hall–Kier alpha value is 1.05. The van der Waals surface area contributed by atoms with E-state index in [1.807, 2.05) is 0 Å². The second-order valence-electron chi connectivity index (χ2n) is 2.96. The van der Waals surface area contributed by atoms with Crippen LogP contribution < -0.4 is 0 Å². The van der Waals surface area contributed by atoms with Gasteiger partial charge in [-0.15, -0.1) is 0 Å². The van der Waals surface area contributed by atoms with Crippen LogP contribution in [0.5, 0.6) is 0 Å². The van der Waals surface area contributed by atoms with Crippen LogP contribution in [0.4, 0.5) is 0 Å². The van der Waals surface area contributed by atoms with Gasteiger partial charge in [-0.05, 0) is 0 Å². The van der Waals surface area contributed by atoms with Gasteiger partial charge in [-0.1, -0.05) is 0 Å². The van der Waals surface area contributed by atoms with Crippen molar-refractivity contribution in [3.05, 3.63) is 0 Å². The van der Waals surface area contributed by atoms with E-state index in [2.05, 4.69) is 0 Å². The third-order valence-electron chi connectivity index (χ3n) is 0. The van der Waals surface area contributed by atoms with Crippen molar-refractivity contribution >= 4 is 7.82 Å². The van der Waals surface area contributed by atoms with E-state index in [1.54, 1.807) is 0 Å². The molecule has 0 aliphatic carbocycles. The molecule has 0 aromatic rings. The van der Waals surface area contributed by atoms with E-state index in [9.17, 15) is 0 Å². The van der Waals surface area contributed by atoms with Crippen molar-refractivity contribution in [3.8, 4) is 0 Å². The first-order valence-corrected chi connectivity index (χ1v) is 37.8. The fourth-order valence-electron chi connectivity index (χ4n) is 0. The van der Waals surface area contributed by atoms with E-state index in [0.717, 1.165) is 0 Å². The van der Waals surface area contributed by atoms with E-state index in [0.29, 0.717) is 0 Å². The van der Waals surface area contributed by atoms with E-state index >= 15 is 0 Å². The Morgan fingerprint density at radius 2 is 0.179 bits per heavy atom. The zero-order valence-corrected chi connectivity index (χ0v) is 48.3. The summed E-state index contributed by atoms with van der Waals surface area (Å²) in [5, 5.41) is 0. The van der Waals surface area contributed by atoms with Crippen LogP contribution >= 0.6 is 7.82 Å². The van der Waals surface area contributed by atoms with Crippen LogP contribution in [0.1, 0.15) is 0 Å². The van der Waals surface area contributed by atoms with Crippen molar-refractivity contribution in [3.63, 3.8) is 0 Å². The molecule has 0 aliphatic heterocycles. The summed E-state index contributed by atoms with van der Waals surface area (Å²) in [7, 11) is -4.64. The van der Waals surface area contributed by atoms with E-state index < -0.39 is 214 Å². The van der Waals surface area contributed by atoms with Gasteiger partial charge in [0.2, 0.25) is 0 Å². The predicted octanol–water partition coefficient (Wildman–Crippen LogP) is -7.71. The van der Waals surface area contributed by atoms with Crippen molar-refractivity contribution < 1.29 is 364 Å². The Kier molecular flexibility index (Phi) is 174. The Bertz CT molecular complexity index is 1690. The van der Waals surface area contributed by atoms with Gasteiger partial charge in [-0.2, -0.15) is 0 Å². The molecule has 0 fully saturated rings. The monoisotopic (exact) mass is 1900 g/mol. The fraction of sp³-hybridized carbons (Fsp3) is 0. The molecule has 0 saturated carbocycles. The first-order valence-electron chi connectivity index (χ1n) is 6.78. The average molecular weight is 1880 g/mol. The minimum absolute atomic E-state index is 0. The predicted molar refractivity (Wildman–Crippen MR) is 49.8 cm³/mol. The fourth-order valence-corrected chi connectivity index (χ4v) is 0. The van der Waals surface area contributed by atoms with Crippen LogP contribution in [0, 0.1) is 0 Å². The molecule has 0 saturated heterocycles. The molecule has 9 N–H and O–H groups in total. The number of hydrogen-bond donors (Lipinski definition) is 3. The molecule has 0 rings (SSSR count). The summed E-state index contributed by atoms with van der Waals surface area (Å²) < 4.78 is 318. The Morgan fingerprint density at radius 3 is 0.179 bits per heavy atom. The summed E-state index contributed by atoms with van der Waals surface area (Å²) >= 11 is -49.3. The molecule has 0 bridgehead atoms. The molecular weight excluding hydrogens is 1870 g/mol. The molecule has 0 aromatic carbocycles. The van der Waals surface area contributed by atoms with Gasteiger partial charge >= 0.3 is 337 Å². The molecule has 0 aliphatic rings. The first-order chi connectivity index (χ1) is 22.8. The number of phosphoric acid groups is 1. The maximum atomic E-state index is 8.88.